The summed E-state index contributed by atoms with van der Waals surface area (Å²) in [5.74, 6) is 0.735. The number of ether oxygens (including phenoxy) is 1. The van der Waals surface area contributed by atoms with Crippen LogP contribution in [0.1, 0.15) is 38.2 Å². The molecule has 3 heteroatoms. The summed E-state index contributed by atoms with van der Waals surface area (Å²) in [6.07, 6.45) is 5.17. The minimum Gasteiger partial charge on any atom is -0.445 e. The van der Waals surface area contributed by atoms with Gasteiger partial charge in [0.15, 0.2) is 0 Å². The van der Waals surface area contributed by atoms with Crippen molar-refractivity contribution >= 4 is 6.09 Å². The summed E-state index contributed by atoms with van der Waals surface area (Å²) in [5, 5.41) is 0. The van der Waals surface area contributed by atoms with Crippen molar-refractivity contribution in [3.63, 3.8) is 0 Å². The molecule has 2 atom stereocenters. The van der Waals surface area contributed by atoms with Crippen LogP contribution in [0.2, 0.25) is 0 Å². The zero-order valence-corrected chi connectivity index (χ0v) is 12.7. The number of carbonyl (C=O) groups excluding carboxylic acids is 1. The number of nitrogens with zero attached hydrogens (tertiary/aromatic N) is 1. The maximum atomic E-state index is 12.3. The van der Waals surface area contributed by atoms with Crippen molar-refractivity contribution in [2.45, 2.75) is 39.2 Å². The molecule has 0 N–H and O–H groups in total. The highest BCUT2D eigenvalue weighted by molar-refractivity contribution is 5.68. The van der Waals surface area contributed by atoms with Crippen molar-refractivity contribution in [2.75, 3.05) is 13.1 Å². The fraction of sp³-hybridized carbons (Fsp3) is 0.611. The van der Waals surface area contributed by atoms with E-state index in [1.54, 1.807) is 0 Å². The summed E-state index contributed by atoms with van der Waals surface area (Å²) in [7, 11) is 0. The second-order valence-electron chi connectivity index (χ2n) is 7.23. The molecule has 3 fully saturated rings. The zero-order chi connectivity index (χ0) is 14.5. The van der Waals surface area contributed by atoms with Crippen molar-refractivity contribution in [1.29, 1.82) is 0 Å². The second kappa shape index (κ2) is 4.49. The Labute approximate surface area is 126 Å². The predicted molar refractivity (Wildman–Crippen MR) is 80.7 cm³/mol. The third-order valence-corrected chi connectivity index (χ3v) is 6.15. The molecule has 0 radical (unpaired) electrons. The average Bonchev–Trinajstić information content (AvgIpc) is 3.25. The molecule has 3 aliphatic rings. The van der Waals surface area contributed by atoms with E-state index in [-0.39, 0.29) is 6.09 Å². The molecule has 1 saturated heterocycles. The molecule has 112 valence electrons. The second-order valence-corrected chi connectivity index (χ2v) is 7.23. The maximum Gasteiger partial charge on any atom is 0.410 e. The first kappa shape index (κ1) is 13.2. The summed E-state index contributed by atoms with van der Waals surface area (Å²) in [6, 6.07) is 9.91. The van der Waals surface area contributed by atoms with Crippen molar-refractivity contribution < 1.29 is 9.53 Å². The number of benzene rings is 1. The molecule has 0 bridgehead atoms. The molecule has 21 heavy (non-hydrogen) atoms. The monoisotopic (exact) mass is 285 g/mol. The first-order valence-electron chi connectivity index (χ1n) is 8.13. The van der Waals surface area contributed by atoms with Crippen LogP contribution in [0, 0.1) is 16.7 Å². The topological polar surface area (TPSA) is 29.5 Å². The predicted octanol–water partition coefficient (Wildman–Crippen LogP) is 3.84. The SMILES string of the molecule is CC[C@]12CN(C(=O)OCc3ccccc3)C[C@H]1C1(CC1)C2. The lowest BCUT2D eigenvalue weighted by molar-refractivity contribution is -0.0214. The molecule has 0 unspecified atom stereocenters. The molecule has 0 aromatic heterocycles. The molecule has 1 aliphatic heterocycles. The van der Waals surface area contributed by atoms with E-state index in [2.05, 4.69) is 6.92 Å². The number of amides is 1. The Kier molecular flexibility index (Phi) is 2.82. The van der Waals surface area contributed by atoms with Gasteiger partial charge >= 0.3 is 6.09 Å². The Bertz CT molecular complexity index is 552. The molecule has 3 nitrogen and oxygen atoms in total. The first-order chi connectivity index (χ1) is 10.2. The van der Waals surface area contributed by atoms with E-state index in [1.807, 2.05) is 35.2 Å². The number of hydrogen-bond donors (Lipinski definition) is 0. The molecule has 1 spiro atoms. The van der Waals surface area contributed by atoms with Crippen LogP contribution in [0.4, 0.5) is 4.79 Å². The first-order valence-corrected chi connectivity index (χ1v) is 8.13. The summed E-state index contributed by atoms with van der Waals surface area (Å²) in [4.78, 5) is 14.3. The van der Waals surface area contributed by atoms with Crippen LogP contribution < -0.4 is 0 Å². The van der Waals surface area contributed by atoms with Crippen LogP contribution in [0.15, 0.2) is 30.3 Å². The standard InChI is InChI=1S/C18H23NO2/c1-2-17-12-18(8-9-18)15(17)10-19(13-17)16(20)21-11-14-6-4-3-5-7-14/h3-7,15H,2,8-13H2,1H3/t15-,17+/m1/s1. The van der Waals surface area contributed by atoms with Gasteiger partial charge in [-0.05, 0) is 48.0 Å². The number of hydrogen-bond acceptors (Lipinski definition) is 2. The van der Waals surface area contributed by atoms with Crippen LogP contribution in [0.25, 0.3) is 0 Å². The van der Waals surface area contributed by atoms with Crippen LogP contribution >= 0.6 is 0 Å². The van der Waals surface area contributed by atoms with E-state index in [0.29, 0.717) is 17.4 Å². The highest BCUT2D eigenvalue weighted by Crippen LogP contribution is 2.75. The quantitative estimate of drug-likeness (QED) is 0.844. The van der Waals surface area contributed by atoms with Gasteiger partial charge in [0.1, 0.15) is 6.61 Å². The zero-order valence-electron chi connectivity index (χ0n) is 12.7. The third-order valence-electron chi connectivity index (χ3n) is 6.15. The average molecular weight is 285 g/mol. The molecule has 1 aromatic carbocycles. The van der Waals surface area contributed by atoms with Crippen LogP contribution in [0.5, 0.6) is 0 Å². The van der Waals surface area contributed by atoms with Gasteiger partial charge in [-0.3, -0.25) is 0 Å². The van der Waals surface area contributed by atoms with Crippen LogP contribution in [-0.4, -0.2) is 24.1 Å². The lowest BCUT2D eigenvalue weighted by Crippen LogP contribution is -2.48. The molecule has 1 amide bonds. The van der Waals surface area contributed by atoms with Gasteiger partial charge in [0.2, 0.25) is 0 Å². The normalized spacial score (nSPS) is 31.7. The van der Waals surface area contributed by atoms with Crippen molar-refractivity contribution in [3.05, 3.63) is 35.9 Å². The summed E-state index contributed by atoms with van der Waals surface area (Å²) in [5.41, 5.74) is 2.07. The lowest BCUT2D eigenvalue weighted by atomic mass is 9.52. The minimum absolute atomic E-state index is 0.128. The summed E-state index contributed by atoms with van der Waals surface area (Å²) >= 11 is 0. The molecule has 4 rings (SSSR count). The Morgan fingerprint density at radius 1 is 1.33 bits per heavy atom. The van der Waals surface area contributed by atoms with Crippen molar-refractivity contribution in [3.8, 4) is 0 Å². The summed E-state index contributed by atoms with van der Waals surface area (Å²) < 4.78 is 5.50. The van der Waals surface area contributed by atoms with Gasteiger partial charge in [-0.2, -0.15) is 0 Å². The fourth-order valence-electron chi connectivity index (χ4n) is 4.80. The van der Waals surface area contributed by atoms with Gasteiger partial charge in [-0.25, -0.2) is 4.79 Å². The van der Waals surface area contributed by atoms with Gasteiger partial charge in [-0.15, -0.1) is 0 Å². The molecular weight excluding hydrogens is 262 g/mol. The van der Waals surface area contributed by atoms with E-state index in [9.17, 15) is 4.79 Å². The van der Waals surface area contributed by atoms with E-state index in [4.69, 9.17) is 4.74 Å². The van der Waals surface area contributed by atoms with Crippen LogP contribution in [-0.2, 0) is 11.3 Å². The fourth-order valence-corrected chi connectivity index (χ4v) is 4.80. The Morgan fingerprint density at radius 2 is 2.10 bits per heavy atom. The molecule has 2 saturated carbocycles. The Morgan fingerprint density at radius 3 is 2.76 bits per heavy atom. The molecule has 1 heterocycles. The molecular formula is C18H23NO2. The Balaban J connectivity index is 1.38. The van der Waals surface area contributed by atoms with Gasteiger partial charge in [0, 0.05) is 13.1 Å². The van der Waals surface area contributed by atoms with Gasteiger partial charge in [0.25, 0.3) is 0 Å². The maximum absolute atomic E-state index is 12.3. The minimum atomic E-state index is -0.128. The van der Waals surface area contributed by atoms with Gasteiger partial charge in [-0.1, -0.05) is 37.3 Å². The lowest BCUT2D eigenvalue weighted by Gasteiger charge is -2.51. The van der Waals surface area contributed by atoms with Crippen molar-refractivity contribution in [2.24, 2.45) is 16.7 Å². The van der Waals surface area contributed by atoms with Crippen molar-refractivity contribution in [1.82, 2.24) is 4.90 Å². The van der Waals surface area contributed by atoms with E-state index in [0.717, 1.165) is 24.6 Å². The van der Waals surface area contributed by atoms with Gasteiger partial charge < -0.3 is 9.64 Å². The van der Waals surface area contributed by atoms with Crippen LogP contribution in [0.3, 0.4) is 0 Å². The molecule has 1 aromatic rings. The van der Waals surface area contributed by atoms with Gasteiger partial charge in [0.05, 0.1) is 0 Å². The number of likely N-dealkylation sites (tertiary alicyclic amines) is 1. The Hall–Kier alpha value is -1.51. The smallest absolute Gasteiger partial charge is 0.410 e. The highest BCUT2D eigenvalue weighted by atomic mass is 16.6. The number of carbonyl (C=O) groups is 1. The number of fused-ring (bicyclic) bond motifs is 2. The van der Waals surface area contributed by atoms with E-state index < -0.39 is 0 Å². The highest BCUT2D eigenvalue weighted by Gasteiger charge is 2.70. The van der Waals surface area contributed by atoms with E-state index in [1.165, 1.54) is 25.7 Å². The summed E-state index contributed by atoms with van der Waals surface area (Å²) in [6.45, 7) is 4.48. The largest absolute Gasteiger partial charge is 0.445 e. The number of rotatable bonds is 3. The third kappa shape index (κ3) is 1.97. The molecule has 2 aliphatic carbocycles. The van der Waals surface area contributed by atoms with E-state index >= 15 is 0 Å².